The molecule has 0 spiro atoms. The van der Waals surface area contributed by atoms with Crippen molar-refractivity contribution in [3.63, 3.8) is 0 Å². The number of hydrogen-bond acceptors (Lipinski definition) is 9. The maximum absolute atomic E-state index is 12.2. The second-order valence-electron chi connectivity index (χ2n) is 6.70. The van der Waals surface area contributed by atoms with Crippen LogP contribution in [0.2, 0.25) is 0 Å². The van der Waals surface area contributed by atoms with Crippen LogP contribution in [0.3, 0.4) is 0 Å². The zero-order chi connectivity index (χ0) is 23.3. The van der Waals surface area contributed by atoms with Crippen molar-refractivity contribution in [3.8, 4) is 17.9 Å². The summed E-state index contributed by atoms with van der Waals surface area (Å²) in [4.78, 5) is 18.3. The van der Waals surface area contributed by atoms with Gasteiger partial charge in [-0.05, 0) is 29.7 Å². The van der Waals surface area contributed by atoms with Crippen molar-refractivity contribution in [3.05, 3.63) is 46.5 Å². The highest BCUT2D eigenvalue weighted by molar-refractivity contribution is 8.00. The number of primary amides is 1. The molecule has 2 N–H and O–H groups in total. The van der Waals surface area contributed by atoms with E-state index in [9.17, 15) is 23.7 Å². The maximum atomic E-state index is 12.2. The molecule has 0 bridgehead atoms. The fraction of sp³-hybridized carbons (Fsp3) is 0.300. The Bertz CT molecular complexity index is 1180. The fourth-order valence-corrected chi connectivity index (χ4v) is 4.39. The number of hydrogen-bond donors (Lipinski definition) is 1. The molecule has 9 nitrogen and oxygen atoms in total. The van der Waals surface area contributed by atoms with Crippen LogP contribution in [0.1, 0.15) is 34.4 Å². The third-order valence-corrected chi connectivity index (χ3v) is 5.92. The molecule has 0 unspecified atom stereocenters. The zero-order valence-electron chi connectivity index (χ0n) is 17.4. The number of carbonyl (C=O) groups excluding carboxylic acids is 1. The molecule has 0 radical (unpaired) electrons. The van der Waals surface area contributed by atoms with Crippen LogP contribution in [0.5, 0.6) is 5.75 Å². The minimum absolute atomic E-state index is 0.0943. The Balaban J connectivity index is 2.55. The first-order valence-corrected chi connectivity index (χ1v) is 11.7. The molecule has 0 aliphatic rings. The lowest BCUT2D eigenvalue weighted by molar-refractivity contribution is -0.117. The van der Waals surface area contributed by atoms with Crippen molar-refractivity contribution < 1.29 is 17.4 Å². The molecule has 11 heteroatoms. The lowest BCUT2D eigenvalue weighted by Crippen LogP contribution is -2.20. The van der Waals surface area contributed by atoms with Gasteiger partial charge in [0.05, 0.1) is 17.4 Å². The van der Waals surface area contributed by atoms with Crippen molar-refractivity contribution in [1.29, 1.82) is 10.5 Å². The van der Waals surface area contributed by atoms with Gasteiger partial charge in [-0.2, -0.15) is 18.9 Å². The number of amides is 1. The molecule has 2 aromatic rings. The van der Waals surface area contributed by atoms with E-state index in [1.54, 1.807) is 19.0 Å². The number of aromatic nitrogens is 1. The van der Waals surface area contributed by atoms with Crippen LogP contribution in [0.4, 0.5) is 5.82 Å². The molecule has 0 saturated carbocycles. The second-order valence-corrected chi connectivity index (χ2v) is 9.37. The van der Waals surface area contributed by atoms with Gasteiger partial charge < -0.3 is 14.8 Å². The lowest BCUT2D eigenvalue weighted by atomic mass is 10.0. The molecule has 1 amide bonds. The first-order chi connectivity index (χ1) is 14.5. The number of thioether (sulfide) groups is 1. The highest BCUT2D eigenvalue weighted by atomic mass is 32.2. The molecule has 0 fully saturated rings. The van der Waals surface area contributed by atoms with Crippen LogP contribution in [0, 0.1) is 22.7 Å². The average Bonchev–Trinajstić information content (AvgIpc) is 2.69. The number of rotatable bonds is 8. The molecule has 0 aliphatic carbocycles. The summed E-state index contributed by atoms with van der Waals surface area (Å²) in [5.74, 6) is -0.181. The van der Waals surface area contributed by atoms with Gasteiger partial charge in [0.1, 0.15) is 34.0 Å². The summed E-state index contributed by atoms with van der Waals surface area (Å²) in [6.07, 6.45) is 1.36. The molecule has 1 heterocycles. The van der Waals surface area contributed by atoms with E-state index in [1.165, 1.54) is 24.3 Å². The number of carbonyl (C=O) groups is 1. The van der Waals surface area contributed by atoms with Crippen LogP contribution in [0.15, 0.2) is 29.3 Å². The summed E-state index contributed by atoms with van der Waals surface area (Å²) >= 11 is 0.997. The van der Waals surface area contributed by atoms with Gasteiger partial charge in [-0.3, -0.25) is 4.79 Å². The number of anilines is 1. The zero-order valence-corrected chi connectivity index (χ0v) is 19.0. The summed E-state index contributed by atoms with van der Waals surface area (Å²) in [6, 6.07) is 10.1. The predicted octanol–water partition coefficient (Wildman–Crippen LogP) is 2.11. The van der Waals surface area contributed by atoms with Crippen LogP contribution >= 0.6 is 11.8 Å². The summed E-state index contributed by atoms with van der Waals surface area (Å²) < 4.78 is 27.4. The molecule has 1 atom stereocenters. The van der Waals surface area contributed by atoms with E-state index in [0.717, 1.165) is 18.0 Å². The normalized spacial score (nSPS) is 11.8. The van der Waals surface area contributed by atoms with Crippen LogP contribution in [-0.2, 0) is 21.3 Å². The largest absolute Gasteiger partial charge is 0.383 e. The Hall–Kier alpha value is -3.28. The van der Waals surface area contributed by atoms with E-state index in [2.05, 4.69) is 17.1 Å². The molecule has 31 heavy (non-hydrogen) atoms. The number of nitrogens with zero attached hydrogens (tertiary/aromatic N) is 4. The lowest BCUT2D eigenvalue weighted by Gasteiger charge is -2.20. The van der Waals surface area contributed by atoms with Crippen molar-refractivity contribution in [1.82, 2.24) is 4.98 Å². The van der Waals surface area contributed by atoms with Gasteiger partial charge in [0.25, 0.3) is 0 Å². The second kappa shape index (κ2) is 9.69. The van der Waals surface area contributed by atoms with Crippen molar-refractivity contribution in [2.75, 3.05) is 25.3 Å². The highest BCUT2D eigenvalue weighted by Gasteiger charge is 2.26. The van der Waals surface area contributed by atoms with Crippen LogP contribution in [-0.4, -0.2) is 39.7 Å². The van der Waals surface area contributed by atoms with E-state index >= 15 is 0 Å². The van der Waals surface area contributed by atoms with Gasteiger partial charge in [-0.25, -0.2) is 4.98 Å². The minimum Gasteiger partial charge on any atom is -0.383 e. The van der Waals surface area contributed by atoms with Crippen molar-refractivity contribution >= 4 is 33.6 Å². The molecule has 162 valence electrons. The topological polar surface area (TPSA) is 150 Å². The Morgan fingerprint density at radius 3 is 2.23 bits per heavy atom. The van der Waals surface area contributed by atoms with Gasteiger partial charge in [-0.15, -0.1) is 0 Å². The number of nitriles is 2. The van der Waals surface area contributed by atoms with E-state index in [-0.39, 0.29) is 16.3 Å². The summed E-state index contributed by atoms with van der Waals surface area (Å²) in [6.45, 7) is 1.83. The van der Waals surface area contributed by atoms with Crippen molar-refractivity contribution in [2.45, 2.75) is 23.6 Å². The number of benzene rings is 1. The molecular weight excluding hydrogens is 438 g/mol. The average molecular weight is 460 g/mol. The summed E-state index contributed by atoms with van der Waals surface area (Å²) in [7, 11) is -0.223. The van der Waals surface area contributed by atoms with Crippen LogP contribution in [0.25, 0.3) is 0 Å². The first kappa shape index (κ1) is 24.0. The standard InChI is InChI=1S/C20H21N5O4S2/c1-5-14-15(10-21)19(25(2)3)24-20(16(14)11-22)30-17(18(23)26)12-6-8-13(9-7-12)29-31(4,27)28/h6-9,17H,5H2,1-4H3,(H2,23,26)/t17-/m1/s1. The Morgan fingerprint density at radius 2 is 1.81 bits per heavy atom. The SMILES string of the molecule is CCc1c(C#N)c(S[C@@H](C(N)=O)c2ccc(OS(C)(=O)=O)cc2)nc(N(C)C)c1C#N. The molecule has 1 aromatic carbocycles. The van der Waals surface area contributed by atoms with Gasteiger partial charge >= 0.3 is 10.1 Å². The van der Waals surface area contributed by atoms with E-state index in [4.69, 9.17) is 9.92 Å². The van der Waals surface area contributed by atoms with E-state index in [1.807, 2.05) is 6.92 Å². The Morgan fingerprint density at radius 1 is 1.23 bits per heavy atom. The molecule has 2 rings (SSSR count). The van der Waals surface area contributed by atoms with Gasteiger partial charge in [0.2, 0.25) is 5.91 Å². The third kappa shape index (κ3) is 5.66. The molecule has 1 aromatic heterocycles. The smallest absolute Gasteiger partial charge is 0.306 e. The van der Waals surface area contributed by atoms with Crippen LogP contribution < -0.4 is 14.8 Å². The van der Waals surface area contributed by atoms with Gasteiger partial charge in [0.15, 0.2) is 0 Å². The molecule has 0 saturated heterocycles. The number of nitrogens with two attached hydrogens (primary N) is 1. The van der Waals surface area contributed by atoms with Gasteiger partial charge in [-0.1, -0.05) is 30.8 Å². The van der Waals surface area contributed by atoms with E-state index in [0.29, 0.717) is 28.9 Å². The molecular formula is C20H21N5O4S2. The third-order valence-electron chi connectivity index (χ3n) is 4.17. The maximum Gasteiger partial charge on any atom is 0.306 e. The highest BCUT2D eigenvalue weighted by Crippen LogP contribution is 2.39. The predicted molar refractivity (Wildman–Crippen MR) is 117 cm³/mol. The van der Waals surface area contributed by atoms with E-state index < -0.39 is 21.3 Å². The molecule has 0 aliphatic heterocycles. The fourth-order valence-electron chi connectivity index (χ4n) is 2.87. The minimum atomic E-state index is -3.69. The van der Waals surface area contributed by atoms with Gasteiger partial charge in [0, 0.05) is 14.1 Å². The Kier molecular flexibility index (Phi) is 7.50. The quantitative estimate of drug-likeness (QED) is 0.462. The Labute approximate surface area is 185 Å². The van der Waals surface area contributed by atoms with Crippen molar-refractivity contribution in [2.24, 2.45) is 5.73 Å². The summed E-state index contributed by atoms with van der Waals surface area (Å²) in [5, 5.41) is 18.7. The summed E-state index contributed by atoms with van der Waals surface area (Å²) in [5.41, 5.74) is 7.18. The number of pyridine rings is 1. The first-order valence-electron chi connectivity index (χ1n) is 9.02. The monoisotopic (exact) mass is 459 g/mol.